The van der Waals surface area contributed by atoms with Gasteiger partial charge in [0.15, 0.2) is 11.6 Å². The third-order valence-corrected chi connectivity index (χ3v) is 2.90. The molecule has 0 amide bonds. The van der Waals surface area contributed by atoms with Crippen molar-refractivity contribution in [2.45, 2.75) is 0 Å². The van der Waals surface area contributed by atoms with Gasteiger partial charge in [-0.1, -0.05) is 0 Å². The molecule has 2 rings (SSSR count). The summed E-state index contributed by atoms with van der Waals surface area (Å²) in [6.07, 6.45) is 0. The highest BCUT2D eigenvalue weighted by atomic mass is 79.9. The Morgan fingerprint density at radius 2 is 2.22 bits per heavy atom. The molecule has 7 heteroatoms. The summed E-state index contributed by atoms with van der Waals surface area (Å²) in [7, 11) is 1.35. The van der Waals surface area contributed by atoms with E-state index in [1.165, 1.54) is 25.3 Å². The first-order chi connectivity index (χ1) is 8.52. The molecule has 2 N–H and O–H groups in total. The van der Waals surface area contributed by atoms with Gasteiger partial charge in [-0.2, -0.15) is 5.10 Å². The maximum absolute atomic E-state index is 13.5. The standard InChI is InChI=1S/C11H8BrFN2O3/c1-18-9-3-5(2-6(12)10(9)13)7-4-8(11(16)17)15-14-7/h2-4H,1H3,(H,14,15)(H,16,17). The molecule has 0 saturated heterocycles. The number of aromatic amines is 1. The second-order valence-corrected chi connectivity index (χ2v) is 4.30. The first kappa shape index (κ1) is 12.6. The number of rotatable bonds is 3. The Hall–Kier alpha value is -1.89. The fourth-order valence-corrected chi connectivity index (χ4v) is 1.88. The van der Waals surface area contributed by atoms with E-state index in [4.69, 9.17) is 9.84 Å². The van der Waals surface area contributed by atoms with Crippen LogP contribution in [0.25, 0.3) is 11.3 Å². The molecule has 1 aromatic carbocycles. The number of hydrogen-bond donors (Lipinski definition) is 2. The van der Waals surface area contributed by atoms with Gasteiger partial charge < -0.3 is 9.84 Å². The summed E-state index contributed by atoms with van der Waals surface area (Å²) in [4.78, 5) is 10.7. The molecule has 0 bridgehead atoms. The van der Waals surface area contributed by atoms with Crippen LogP contribution in [0.4, 0.5) is 4.39 Å². The maximum atomic E-state index is 13.5. The molecule has 0 saturated carbocycles. The number of carbonyl (C=O) groups is 1. The molecular formula is C11H8BrFN2O3. The van der Waals surface area contributed by atoms with E-state index in [1.54, 1.807) is 0 Å². The Kier molecular flexibility index (Phi) is 3.33. The molecule has 0 atom stereocenters. The monoisotopic (exact) mass is 314 g/mol. The zero-order valence-electron chi connectivity index (χ0n) is 9.20. The van der Waals surface area contributed by atoms with E-state index in [0.29, 0.717) is 11.3 Å². The summed E-state index contributed by atoms with van der Waals surface area (Å²) < 4.78 is 18.6. The fourth-order valence-electron chi connectivity index (χ4n) is 1.44. The van der Waals surface area contributed by atoms with Crippen LogP contribution in [0.2, 0.25) is 0 Å². The third kappa shape index (κ3) is 2.21. The molecule has 1 heterocycles. The van der Waals surface area contributed by atoms with E-state index >= 15 is 0 Å². The summed E-state index contributed by atoms with van der Waals surface area (Å²) >= 11 is 3.06. The number of aromatic nitrogens is 2. The van der Waals surface area contributed by atoms with Gasteiger partial charge in [-0.05, 0) is 34.1 Å². The van der Waals surface area contributed by atoms with Gasteiger partial charge in [0.1, 0.15) is 5.69 Å². The van der Waals surface area contributed by atoms with Gasteiger partial charge in [0.2, 0.25) is 0 Å². The Bertz CT molecular complexity index is 612. The predicted molar refractivity (Wildman–Crippen MR) is 65.2 cm³/mol. The van der Waals surface area contributed by atoms with E-state index in [2.05, 4.69) is 26.1 Å². The first-order valence-corrected chi connectivity index (χ1v) is 5.64. The van der Waals surface area contributed by atoms with E-state index in [-0.39, 0.29) is 15.9 Å². The van der Waals surface area contributed by atoms with Crippen molar-refractivity contribution in [1.82, 2.24) is 10.2 Å². The summed E-state index contributed by atoms with van der Waals surface area (Å²) in [5.74, 6) is -1.57. The minimum Gasteiger partial charge on any atom is -0.494 e. The second-order valence-electron chi connectivity index (χ2n) is 3.45. The summed E-state index contributed by atoms with van der Waals surface area (Å²) in [5.41, 5.74) is 0.902. The van der Waals surface area contributed by atoms with Crippen molar-refractivity contribution < 1.29 is 19.0 Å². The van der Waals surface area contributed by atoms with Crippen molar-refractivity contribution in [3.05, 3.63) is 34.2 Å². The van der Waals surface area contributed by atoms with Gasteiger partial charge in [-0.3, -0.25) is 5.10 Å². The van der Waals surface area contributed by atoms with Gasteiger partial charge in [-0.25, -0.2) is 9.18 Å². The van der Waals surface area contributed by atoms with Gasteiger partial charge in [0.05, 0.1) is 17.3 Å². The lowest BCUT2D eigenvalue weighted by atomic mass is 10.1. The van der Waals surface area contributed by atoms with Crippen LogP contribution in [0.15, 0.2) is 22.7 Å². The predicted octanol–water partition coefficient (Wildman–Crippen LogP) is 2.69. The van der Waals surface area contributed by atoms with Gasteiger partial charge in [-0.15, -0.1) is 0 Å². The van der Waals surface area contributed by atoms with Crippen molar-refractivity contribution in [2.24, 2.45) is 0 Å². The Labute approximate surface area is 110 Å². The number of methoxy groups -OCH3 is 1. The van der Waals surface area contributed by atoms with Gasteiger partial charge in [0, 0.05) is 5.56 Å². The molecule has 0 fully saturated rings. The van der Waals surface area contributed by atoms with Crippen LogP contribution in [0, 0.1) is 5.82 Å². The lowest BCUT2D eigenvalue weighted by Gasteiger charge is -2.05. The molecule has 2 aromatic rings. The number of carboxylic acids is 1. The smallest absolute Gasteiger partial charge is 0.353 e. The SMILES string of the molecule is COc1cc(-c2cc(C(=O)O)[nH]n2)cc(Br)c1F. The van der Waals surface area contributed by atoms with Crippen LogP contribution in [0.1, 0.15) is 10.5 Å². The number of carboxylic acid groups (broad SMARTS) is 1. The highest BCUT2D eigenvalue weighted by molar-refractivity contribution is 9.10. The van der Waals surface area contributed by atoms with Crippen molar-refractivity contribution in [1.29, 1.82) is 0 Å². The molecule has 0 aliphatic heterocycles. The van der Waals surface area contributed by atoms with Crippen molar-refractivity contribution in [3.8, 4) is 17.0 Å². The zero-order valence-corrected chi connectivity index (χ0v) is 10.8. The van der Waals surface area contributed by atoms with Crippen LogP contribution in [-0.2, 0) is 0 Å². The van der Waals surface area contributed by atoms with Crippen LogP contribution < -0.4 is 4.74 Å². The molecule has 0 spiro atoms. The number of nitrogens with one attached hydrogen (secondary N) is 1. The minimum absolute atomic E-state index is 0.0376. The van der Waals surface area contributed by atoms with E-state index in [9.17, 15) is 9.18 Å². The number of hydrogen-bond acceptors (Lipinski definition) is 3. The Balaban J connectivity index is 2.50. The van der Waals surface area contributed by atoms with E-state index < -0.39 is 11.8 Å². The van der Waals surface area contributed by atoms with Crippen LogP contribution >= 0.6 is 15.9 Å². The largest absolute Gasteiger partial charge is 0.494 e. The minimum atomic E-state index is -1.11. The zero-order chi connectivity index (χ0) is 13.3. The highest BCUT2D eigenvalue weighted by Crippen LogP contribution is 2.31. The molecule has 0 unspecified atom stereocenters. The topological polar surface area (TPSA) is 75.2 Å². The maximum Gasteiger partial charge on any atom is 0.353 e. The fraction of sp³-hybridized carbons (Fsp3) is 0.0909. The molecule has 18 heavy (non-hydrogen) atoms. The molecule has 0 aliphatic rings. The lowest BCUT2D eigenvalue weighted by Crippen LogP contribution is -1.95. The average Bonchev–Trinajstić information content (AvgIpc) is 2.82. The number of nitrogens with zero attached hydrogens (tertiary/aromatic N) is 1. The quantitative estimate of drug-likeness (QED) is 0.913. The number of ether oxygens (including phenoxy) is 1. The molecule has 1 aromatic heterocycles. The second kappa shape index (κ2) is 4.77. The summed E-state index contributed by atoms with van der Waals surface area (Å²) in [6, 6.07) is 4.31. The molecule has 94 valence electrons. The number of aromatic carboxylic acids is 1. The van der Waals surface area contributed by atoms with Crippen LogP contribution in [0.5, 0.6) is 5.75 Å². The number of benzene rings is 1. The lowest BCUT2D eigenvalue weighted by molar-refractivity contribution is 0.0690. The van der Waals surface area contributed by atoms with E-state index in [0.717, 1.165) is 0 Å². The van der Waals surface area contributed by atoms with Crippen molar-refractivity contribution in [3.63, 3.8) is 0 Å². The van der Waals surface area contributed by atoms with E-state index in [1.807, 2.05) is 0 Å². The molecule has 0 aliphatic carbocycles. The van der Waals surface area contributed by atoms with Gasteiger partial charge >= 0.3 is 5.97 Å². The van der Waals surface area contributed by atoms with Crippen LogP contribution in [0.3, 0.4) is 0 Å². The highest BCUT2D eigenvalue weighted by Gasteiger charge is 2.14. The number of H-pyrrole nitrogens is 1. The molecule has 5 nitrogen and oxygen atoms in total. The van der Waals surface area contributed by atoms with Crippen molar-refractivity contribution in [2.75, 3.05) is 7.11 Å². The molecular weight excluding hydrogens is 307 g/mol. The van der Waals surface area contributed by atoms with Crippen molar-refractivity contribution >= 4 is 21.9 Å². The Morgan fingerprint density at radius 1 is 1.50 bits per heavy atom. The number of halogens is 2. The molecule has 0 radical (unpaired) electrons. The average molecular weight is 315 g/mol. The normalized spacial score (nSPS) is 10.4. The Morgan fingerprint density at radius 3 is 2.78 bits per heavy atom. The first-order valence-electron chi connectivity index (χ1n) is 4.85. The third-order valence-electron chi connectivity index (χ3n) is 2.32. The summed E-state index contributed by atoms with van der Waals surface area (Å²) in [6.45, 7) is 0. The summed E-state index contributed by atoms with van der Waals surface area (Å²) in [5, 5.41) is 15.0. The van der Waals surface area contributed by atoms with Crippen LogP contribution in [-0.4, -0.2) is 28.4 Å². The van der Waals surface area contributed by atoms with Gasteiger partial charge in [0.25, 0.3) is 0 Å².